The molecule has 2 amide bonds. The molecule has 1 saturated heterocycles. The fourth-order valence-corrected chi connectivity index (χ4v) is 4.18. The molecule has 1 aromatic heterocycles. The van der Waals surface area contributed by atoms with Crippen LogP contribution in [0.4, 0.5) is 0 Å². The van der Waals surface area contributed by atoms with Crippen LogP contribution in [-0.4, -0.2) is 71.8 Å². The molecule has 6 nitrogen and oxygen atoms in total. The third-order valence-electron chi connectivity index (χ3n) is 5.84. The van der Waals surface area contributed by atoms with Crippen LogP contribution in [0.25, 0.3) is 0 Å². The number of nitrogens with zero attached hydrogens (tertiary/aromatic N) is 4. The Hall–Kier alpha value is -3.51. The van der Waals surface area contributed by atoms with Gasteiger partial charge in [-0.3, -0.25) is 19.5 Å². The number of rotatable bonds is 5. The van der Waals surface area contributed by atoms with Crippen molar-refractivity contribution < 1.29 is 9.59 Å². The molecule has 0 atom stereocenters. The number of benzene rings is 2. The molecule has 164 valence electrons. The minimum absolute atomic E-state index is 0.0819. The van der Waals surface area contributed by atoms with Gasteiger partial charge in [0, 0.05) is 52.7 Å². The zero-order valence-electron chi connectivity index (χ0n) is 18.5. The largest absolute Gasteiger partial charge is 0.345 e. The van der Waals surface area contributed by atoms with Gasteiger partial charge < -0.3 is 9.80 Å². The summed E-state index contributed by atoms with van der Waals surface area (Å²) in [5.41, 5.74) is 3.37. The Kier molecular flexibility index (Phi) is 6.61. The van der Waals surface area contributed by atoms with Gasteiger partial charge in [-0.2, -0.15) is 0 Å². The van der Waals surface area contributed by atoms with Crippen molar-refractivity contribution in [2.24, 2.45) is 0 Å². The summed E-state index contributed by atoms with van der Waals surface area (Å²) in [6.45, 7) is 2.79. The van der Waals surface area contributed by atoms with Crippen LogP contribution in [0.3, 0.4) is 0 Å². The van der Waals surface area contributed by atoms with Crippen molar-refractivity contribution in [3.05, 3.63) is 101 Å². The summed E-state index contributed by atoms with van der Waals surface area (Å²) in [5, 5.41) is 0. The second-order valence-corrected chi connectivity index (χ2v) is 8.21. The number of carbonyl (C=O) groups excluding carboxylic acids is 2. The van der Waals surface area contributed by atoms with E-state index in [9.17, 15) is 9.59 Å². The first-order chi connectivity index (χ1) is 15.5. The molecule has 2 heterocycles. The molecule has 2 aromatic carbocycles. The molecule has 1 fully saturated rings. The molecule has 0 aliphatic carbocycles. The van der Waals surface area contributed by atoms with Gasteiger partial charge in [-0.15, -0.1) is 0 Å². The number of aromatic nitrogens is 1. The molecule has 1 aliphatic rings. The predicted octanol–water partition coefficient (Wildman–Crippen LogP) is 3.33. The van der Waals surface area contributed by atoms with Crippen LogP contribution in [0.2, 0.25) is 0 Å². The minimum atomic E-state index is -0.162. The summed E-state index contributed by atoms with van der Waals surface area (Å²) in [6, 6.07) is 22.8. The van der Waals surface area contributed by atoms with Gasteiger partial charge in [-0.25, -0.2) is 0 Å². The van der Waals surface area contributed by atoms with E-state index in [-0.39, 0.29) is 17.9 Å². The summed E-state index contributed by atoms with van der Waals surface area (Å²) in [7, 11) is 3.37. The third kappa shape index (κ3) is 4.70. The molecule has 0 bridgehead atoms. The van der Waals surface area contributed by atoms with E-state index < -0.39 is 0 Å². The fraction of sp³-hybridized carbons (Fsp3) is 0.269. The number of hydrogen-bond acceptors (Lipinski definition) is 4. The third-order valence-corrected chi connectivity index (χ3v) is 5.84. The Morgan fingerprint density at radius 1 is 0.812 bits per heavy atom. The Morgan fingerprint density at radius 3 is 1.88 bits per heavy atom. The minimum Gasteiger partial charge on any atom is -0.345 e. The molecule has 3 aromatic rings. The lowest BCUT2D eigenvalue weighted by molar-refractivity contribution is 0.0597. The maximum absolute atomic E-state index is 13.1. The fourth-order valence-electron chi connectivity index (χ4n) is 4.18. The van der Waals surface area contributed by atoms with Crippen LogP contribution in [0.5, 0.6) is 0 Å². The second kappa shape index (κ2) is 9.75. The molecule has 0 spiro atoms. The first-order valence-corrected chi connectivity index (χ1v) is 10.8. The average Bonchev–Trinajstić information content (AvgIpc) is 2.85. The van der Waals surface area contributed by atoms with Crippen molar-refractivity contribution >= 4 is 11.8 Å². The molecule has 0 radical (unpaired) electrons. The van der Waals surface area contributed by atoms with E-state index in [0.717, 1.165) is 13.1 Å². The highest BCUT2D eigenvalue weighted by molar-refractivity contribution is 5.99. The van der Waals surface area contributed by atoms with Crippen LogP contribution in [0, 0.1) is 0 Å². The number of hydrogen-bond donors (Lipinski definition) is 0. The van der Waals surface area contributed by atoms with Gasteiger partial charge in [-0.05, 0) is 17.2 Å². The topological polar surface area (TPSA) is 56.8 Å². The first-order valence-electron chi connectivity index (χ1n) is 10.8. The molecular weight excluding hydrogens is 400 g/mol. The van der Waals surface area contributed by atoms with Gasteiger partial charge in [-0.1, -0.05) is 60.7 Å². The van der Waals surface area contributed by atoms with Crippen LogP contribution >= 0.6 is 0 Å². The van der Waals surface area contributed by atoms with Crippen molar-refractivity contribution in [1.29, 1.82) is 0 Å². The highest BCUT2D eigenvalue weighted by atomic mass is 16.2. The smallest absolute Gasteiger partial charge is 0.255 e. The highest BCUT2D eigenvalue weighted by Gasteiger charge is 2.28. The number of pyridine rings is 1. The molecular formula is C26H28N4O2. The quantitative estimate of drug-likeness (QED) is 0.626. The maximum atomic E-state index is 13.1. The van der Waals surface area contributed by atoms with Gasteiger partial charge in [0.05, 0.1) is 17.2 Å². The van der Waals surface area contributed by atoms with E-state index in [0.29, 0.717) is 24.2 Å². The summed E-state index contributed by atoms with van der Waals surface area (Å²) in [4.78, 5) is 35.2. The van der Waals surface area contributed by atoms with E-state index in [2.05, 4.69) is 58.4 Å². The Balaban J connectivity index is 1.49. The SMILES string of the molecule is CN(C)C(=O)c1cncc(C(=O)N2CCN(C(c3ccccc3)c3ccccc3)CC2)c1. The Labute approximate surface area is 189 Å². The van der Waals surface area contributed by atoms with Crippen LogP contribution in [0.15, 0.2) is 79.1 Å². The van der Waals surface area contributed by atoms with Crippen molar-refractivity contribution in [3.8, 4) is 0 Å². The lowest BCUT2D eigenvalue weighted by Crippen LogP contribution is -2.49. The molecule has 0 saturated carbocycles. The van der Waals surface area contributed by atoms with Gasteiger partial charge in [0.1, 0.15) is 0 Å². The Bertz CT molecular complexity index is 1020. The predicted molar refractivity (Wildman–Crippen MR) is 124 cm³/mol. The lowest BCUT2D eigenvalue weighted by Gasteiger charge is -2.39. The summed E-state index contributed by atoms with van der Waals surface area (Å²) < 4.78 is 0. The van der Waals surface area contributed by atoms with Crippen LogP contribution in [-0.2, 0) is 0 Å². The van der Waals surface area contributed by atoms with Gasteiger partial charge >= 0.3 is 0 Å². The number of carbonyl (C=O) groups is 2. The number of amides is 2. The monoisotopic (exact) mass is 428 g/mol. The van der Waals surface area contributed by atoms with Gasteiger partial charge in [0.15, 0.2) is 0 Å². The van der Waals surface area contributed by atoms with Gasteiger partial charge in [0.2, 0.25) is 0 Å². The van der Waals surface area contributed by atoms with E-state index in [1.165, 1.54) is 28.4 Å². The highest BCUT2D eigenvalue weighted by Crippen LogP contribution is 2.29. The summed E-state index contributed by atoms with van der Waals surface area (Å²) in [5.74, 6) is -0.243. The molecule has 1 aliphatic heterocycles. The van der Waals surface area contributed by atoms with E-state index in [1.54, 1.807) is 20.2 Å². The Morgan fingerprint density at radius 2 is 1.34 bits per heavy atom. The normalized spacial score (nSPS) is 14.4. The first kappa shape index (κ1) is 21.7. The van der Waals surface area contributed by atoms with Crippen molar-refractivity contribution in [1.82, 2.24) is 19.7 Å². The van der Waals surface area contributed by atoms with E-state index in [4.69, 9.17) is 0 Å². The van der Waals surface area contributed by atoms with Crippen molar-refractivity contribution in [2.75, 3.05) is 40.3 Å². The molecule has 32 heavy (non-hydrogen) atoms. The lowest BCUT2D eigenvalue weighted by atomic mass is 9.96. The van der Waals surface area contributed by atoms with Crippen LogP contribution < -0.4 is 0 Å². The molecule has 4 rings (SSSR count). The van der Waals surface area contributed by atoms with Crippen molar-refractivity contribution in [3.63, 3.8) is 0 Å². The van der Waals surface area contributed by atoms with Crippen molar-refractivity contribution in [2.45, 2.75) is 6.04 Å². The second-order valence-electron chi connectivity index (χ2n) is 8.21. The standard InChI is InChI=1S/C26H28N4O2/c1-28(2)25(31)22-17-23(19-27-18-22)26(32)30-15-13-29(14-16-30)24(20-9-5-3-6-10-20)21-11-7-4-8-12-21/h3-12,17-19,24H,13-16H2,1-2H3. The summed E-state index contributed by atoms with van der Waals surface area (Å²) in [6.07, 6.45) is 3.04. The summed E-state index contributed by atoms with van der Waals surface area (Å²) >= 11 is 0. The van der Waals surface area contributed by atoms with Gasteiger partial charge in [0.25, 0.3) is 11.8 Å². The zero-order valence-corrected chi connectivity index (χ0v) is 18.5. The number of piperazine rings is 1. The van der Waals surface area contributed by atoms with Crippen LogP contribution in [0.1, 0.15) is 37.9 Å². The average molecular weight is 429 g/mol. The molecule has 6 heteroatoms. The molecule has 0 N–H and O–H groups in total. The zero-order chi connectivity index (χ0) is 22.5. The maximum Gasteiger partial charge on any atom is 0.255 e. The molecule has 0 unspecified atom stereocenters. The van der Waals surface area contributed by atoms with E-state index in [1.807, 2.05) is 17.0 Å². The van der Waals surface area contributed by atoms with E-state index >= 15 is 0 Å².